The molecule has 0 unspecified atom stereocenters. The Balaban J connectivity index is 1.33. The zero-order valence-electron chi connectivity index (χ0n) is 30.7. The number of oxazole rings is 1. The second-order valence-electron chi connectivity index (χ2n) is 13.1. The van der Waals surface area contributed by atoms with Gasteiger partial charge in [-0.25, -0.2) is 19.6 Å². The molecule has 55 heavy (non-hydrogen) atoms. The summed E-state index contributed by atoms with van der Waals surface area (Å²) < 4.78 is 21.8. The number of aliphatic hydroxyl groups is 1. The van der Waals surface area contributed by atoms with E-state index in [1.54, 1.807) is 69.3 Å². The predicted octanol–water partition coefficient (Wildman–Crippen LogP) is 5.77. The van der Waals surface area contributed by atoms with Gasteiger partial charge in [0.1, 0.15) is 52.2 Å². The van der Waals surface area contributed by atoms with Crippen molar-refractivity contribution in [1.29, 1.82) is 10.5 Å². The minimum Gasteiger partial charge on any atom is -0.493 e. The van der Waals surface area contributed by atoms with E-state index < -0.39 is 41.8 Å². The number of esters is 1. The number of pyridine rings is 1. The second kappa shape index (κ2) is 19.0. The fourth-order valence-corrected chi connectivity index (χ4v) is 5.86. The van der Waals surface area contributed by atoms with Crippen molar-refractivity contribution in [2.75, 3.05) is 18.9 Å². The lowest BCUT2D eigenvalue weighted by Gasteiger charge is -2.24. The van der Waals surface area contributed by atoms with E-state index in [-0.39, 0.29) is 36.6 Å². The van der Waals surface area contributed by atoms with Crippen molar-refractivity contribution in [3.05, 3.63) is 76.6 Å². The average Bonchev–Trinajstić information content (AvgIpc) is 3.61. The number of carbonyl (C=O) groups excluding carboxylic acids is 3. The number of benzene rings is 2. The number of aromatic nitrogens is 2. The number of nitrogens with zero attached hydrogens (tertiary/aromatic N) is 4. The molecule has 15 nitrogen and oxygen atoms in total. The van der Waals surface area contributed by atoms with Crippen LogP contribution in [0.15, 0.2) is 64.2 Å². The van der Waals surface area contributed by atoms with Crippen LogP contribution in [0, 0.1) is 22.7 Å². The Hall–Kier alpha value is -5.81. The number of thioether (sulfide) groups is 1. The molecule has 0 saturated heterocycles. The number of alkyl carbamates (subject to hydrolysis) is 1. The average molecular weight is 790 g/mol. The van der Waals surface area contributed by atoms with Crippen LogP contribution in [-0.2, 0) is 24.8 Å². The van der Waals surface area contributed by atoms with Gasteiger partial charge >= 0.3 is 12.1 Å². The minimum absolute atomic E-state index is 0.0275. The second-order valence-corrected chi connectivity index (χ2v) is 14.5. The number of nitrogen functional groups attached to an aromatic ring is 1. The van der Waals surface area contributed by atoms with E-state index in [9.17, 15) is 30.0 Å². The first-order valence-corrected chi connectivity index (χ1v) is 18.3. The number of rotatable bonds is 15. The summed E-state index contributed by atoms with van der Waals surface area (Å²) in [4.78, 5) is 46.1. The molecule has 2 heterocycles. The number of ether oxygens (including phenoxy) is 3. The first-order chi connectivity index (χ1) is 26.1. The van der Waals surface area contributed by atoms with Crippen molar-refractivity contribution < 1.29 is 38.1 Å². The van der Waals surface area contributed by atoms with Crippen LogP contribution in [0.4, 0.5) is 10.6 Å². The molecule has 0 fully saturated rings. The maximum atomic E-state index is 12.7. The summed E-state index contributed by atoms with van der Waals surface area (Å²) in [6.07, 6.45) is -0.301. The number of halogens is 1. The van der Waals surface area contributed by atoms with Gasteiger partial charge in [0.25, 0.3) is 0 Å². The summed E-state index contributed by atoms with van der Waals surface area (Å²) in [5, 5.41) is 35.9. The van der Waals surface area contributed by atoms with Gasteiger partial charge in [0.05, 0.1) is 30.6 Å². The van der Waals surface area contributed by atoms with E-state index in [2.05, 4.69) is 32.7 Å². The molecule has 0 aliphatic heterocycles. The lowest BCUT2D eigenvalue weighted by molar-refractivity contribution is -0.151. The van der Waals surface area contributed by atoms with Crippen LogP contribution in [-0.4, -0.2) is 70.0 Å². The van der Waals surface area contributed by atoms with Crippen molar-refractivity contribution in [1.82, 2.24) is 20.6 Å². The molecule has 17 heteroatoms. The van der Waals surface area contributed by atoms with Crippen LogP contribution in [0.2, 0.25) is 5.02 Å². The number of hydrogen-bond donors (Lipinski definition) is 4. The number of anilines is 1. The minimum atomic E-state index is -1.38. The number of nitriles is 2. The molecule has 2 amide bonds. The zero-order chi connectivity index (χ0) is 40.3. The predicted molar refractivity (Wildman–Crippen MR) is 204 cm³/mol. The van der Waals surface area contributed by atoms with Crippen molar-refractivity contribution in [3.63, 3.8) is 0 Å². The number of nitrogens with one attached hydrogen (secondary N) is 2. The molecule has 0 saturated carbocycles. The Morgan fingerprint density at radius 3 is 2.25 bits per heavy atom. The number of hydrogen-bond acceptors (Lipinski definition) is 14. The Labute approximate surface area is 327 Å². The highest BCUT2D eigenvalue weighted by atomic mass is 35.5. The lowest BCUT2D eigenvalue weighted by Crippen LogP contribution is -2.54. The van der Waals surface area contributed by atoms with Crippen LogP contribution in [0.25, 0.3) is 22.6 Å². The molecule has 2 aromatic carbocycles. The third-order valence-corrected chi connectivity index (χ3v) is 8.78. The Kier molecular flexibility index (Phi) is 14.5. The van der Waals surface area contributed by atoms with Crippen LogP contribution >= 0.6 is 23.4 Å². The van der Waals surface area contributed by atoms with E-state index in [1.165, 1.54) is 31.9 Å². The molecular formula is C38H40ClN7O8S. The number of carbonyl (C=O) groups is 3. The zero-order valence-corrected chi connectivity index (χ0v) is 32.3. The lowest BCUT2D eigenvalue weighted by atomic mass is 9.97. The van der Waals surface area contributed by atoms with Gasteiger partial charge in [-0.3, -0.25) is 4.79 Å². The van der Waals surface area contributed by atoms with Gasteiger partial charge in [-0.1, -0.05) is 35.5 Å². The maximum absolute atomic E-state index is 12.7. The first-order valence-electron chi connectivity index (χ1n) is 16.9. The van der Waals surface area contributed by atoms with Gasteiger partial charge in [-0.05, 0) is 76.6 Å². The van der Waals surface area contributed by atoms with E-state index in [4.69, 9.17) is 36.0 Å². The van der Waals surface area contributed by atoms with Crippen molar-refractivity contribution in [2.45, 2.75) is 75.6 Å². The molecule has 4 rings (SSSR count). The Bertz CT molecular complexity index is 2070. The van der Waals surface area contributed by atoms with Crippen molar-refractivity contribution in [3.8, 4) is 40.5 Å². The topological polar surface area (TPSA) is 236 Å². The fourth-order valence-electron chi connectivity index (χ4n) is 4.87. The van der Waals surface area contributed by atoms with Crippen LogP contribution in [0.5, 0.6) is 5.75 Å². The SMILES string of the molecule is C[C@H](NC(=O)OC(C)(C)C)C(=O)N[C@H](C(=O)OCCCOc1ccc(-c2c(C#N)c(N)nc(SCc3coc(-c4ccc(Cl)cc4)n3)c2C#N)cc1)[C@@H](C)O. The van der Waals surface area contributed by atoms with Gasteiger partial charge in [-0.15, -0.1) is 0 Å². The summed E-state index contributed by atoms with van der Waals surface area (Å²) >= 11 is 7.21. The van der Waals surface area contributed by atoms with Gasteiger partial charge in [0.15, 0.2) is 6.04 Å². The summed E-state index contributed by atoms with van der Waals surface area (Å²) in [5.74, 6) is -0.419. The molecule has 5 N–H and O–H groups in total. The summed E-state index contributed by atoms with van der Waals surface area (Å²) in [5.41, 5.74) is 7.89. The highest BCUT2D eigenvalue weighted by molar-refractivity contribution is 7.98. The Morgan fingerprint density at radius 2 is 1.64 bits per heavy atom. The van der Waals surface area contributed by atoms with E-state index in [0.717, 1.165) is 5.56 Å². The standard InChI is InChI=1S/C38H40ClN7O8S/c1-21(43-37(50)54-38(3,4)5)33(48)45-31(22(2)47)36(49)52-16-6-15-51-27-13-9-23(10-14-27)30-28(17-40)32(42)46-35(29(30)18-41)55-20-26-19-53-34(44-26)24-7-11-25(39)12-8-24/h7-14,19,21-22,31,47H,6,15-16,20H2,1-5H3,(H2,42,46)(H,43,50)(H,45,48)/t21-,22+,31-/m0/s1. The number of amides is 2. The largest absolute Gasteiger partial charge is 0.493 e. The maximum Gasteiger partial charge on any atom is 0.408 e. The Morgan fingerprint density at radius 1 is 0.982 bits per heavy atom. The van der Waals surface area contributed by atoms with Gasteiger partial charge in [0.2, 0.25) is 11.8 Å². The smallest absolute Gasteiger partial charge is 0.408 e. The van der Waals surface area contributed by atoms with Crippen molar-refractivity contribution >= 4 is 47.2 Å². The van der Waals surface area contributed by atoms with E-state index in [1.807, 2.05) is 0 Å². The van der Waals surface area contributed by atoms with Gasteiger partial charge in [0, 0.05) is 28.3 Å². The highest BCUT2D eigenvalue weighted by Crippen LogP contribution is 2.37. The van der Waals surface area contributed by atoms with Crippen LogP contribution < -0.4 is 21.1 Å². The molecule has 0 spiro atoms. The third-order valence-electron chi connectivity index (χ3n) is 7.52. The molecule has 3 atom stereocenters. The summed E-state index contributed by atoms with van der Waals surface area (Å²) in [6.45, 7) is 7.82. The molecule has 0 bridgehead atoms. The van der Waals surface area contributed by atoms with E-state index in [0.29, 0.717) is 44.3 Å². The monoisotopic (exact) mass is 789 g/mol. The molecule has 0 aliphatic rings. The molecule has 0 radical (unpaired) electrons. The molecular weight excluding hydrogens is 750 g/mol. The fraction of sp³-hybridized carbons (Fsp3) is 0.342. The quantitative estimate of drug-likeness (QED) is 0.0636. The number of nitrogens with two attached hydrogens (primary N) is 1. The van der Waals surface area contributed by atoms with Crippen LogP contribution in [0.1, 0.15) is 57.9 Å². The third kappa shape index (κ3) is 11.8. The summed E-state index contributed by atoms with van der Waals surface area (Å²) in [6, 6.07) is 15.5. The van der Waals surface area contributed by atoms with E-state index >= 15 is 0 Å². The number of aliphatic hydroxyl groups excluding tert-OH is 1. The van der Waals surface area contributed by atoms with Gasteiger partial charge < -0.3 is 40.1 Å². The highest BCUT2D eigenvalue weighted by Gasteiger charge is 2.30. The van der Waals surface area contributed by atoms with Crippen LogP contribution in [0.3, 0.4) is 0 Å². The normalized spacial score (nSPS) is 12.7. The molecule has 4 aromatic rings. The van der Waals surface area contributed by atoms with Crippen molar-refractivity contribution in [2.24, 2.45) is 0 Å². The molecule has 2 aromatic heterocycles. The molecule has 0 aliphatic carbocycles. The molecule has 288 valence electrons. The first kappa shape index (κ1) is 41.9. The summed E-state index contributed by atoms with van der Waals surface area (Å²) in [7, 11) is 0. The van der Waals surface area contributed by atoms with Gasteiger partial charge in [-0.2, -0.15) is 10.5 Å².